The third-order valence-electron chi connectivity index (χ3n) is 4.24. The zero-order chi connectivity index (χ0) is 16.0. The van der Waals surface area contributed by atoms with E-state index in [9.17, 15) is 4.79 Å². The predicted octanol–water partition coefficient (Wildman–Crippen LogP) is 2.82. The third kappa shape index (κ3) is 4.96. The summed E-state index contributed by atoms with van der Waals surface area (Å²) in [4.78, 5) is 15.0. The van der Waals surface area contributed by atoms with Gasteiger partial charge in [0.2, 0.25) is 0 Å². The van der Waals surface area contributed by atoms with Crippen molar-refractivity contribution in [1.82, 2.24) is 10.2 Å². The Balaban J connectivity index is 2.81. The van der Waals surface area contributed by atoms with Crippen LogP contribution in [0.1, 0.15) is 60.8 Å². The van der Waals surface area contributed by atoms with Gasteiger partial charge in [0, 0.05) is 18.6 Å². The smallest absolute Gasteiger partial charge is 0.326 e. The Bertz CT molecular complexity index is 331. The van der Waals surface area contributed by atoms with Crippen molar-refractivity contribution in [2.45, 2.75) is 78.4 Å². The molecule has 1 rings (SSSR count). The maximum atomic E-state index is 12.5. The Morgan fingerprint density at radius 1 is 1.33 bits per heavy atom. The molecule has 0 radical (unpaired) electrons. The van der Waals surface area contributed by atoms with Gasteiger partial charge in [-0.05, 0) is 52.5 Å². The van der Waals surface area contributed by atoms with Crippen molar-refractivity contribution in [2.24, 2.45) is 5.92 Å². The number of carbonyl (C=O) groups excluding carboxylic acids is 1. The number of hydrogen-bond donors (Lipinski definition) is 1. The van der Waals surface area contributed by atoms with Crippen LogP contribution in [-0.4, -0.2) is 48.2 Å². The van der Waals surface area contributed by atoms with E-state index >= 15 is 0 Å². The lowest BCUT2D eigenvalue weighted by atomic mass is 9.95. The summed E-state index contributed by atoms with van der Waals surface area (Å²) in [6.07, 6.45) is 2.81. The number of nitrogens with one attached hydrogen (secondary N) is 1. The monoisotopic (exact) mass is 298 g/mol. The topological polar surface area (TPSA) is 41.6 Å². The minimum atomic E-state index is -0.487. The molecule has 1 saturated carbocycles. The normalized spacial score (nSPS) is 26.0. The molecule has 1 fully saturated rings. The standard InChI is InChI=1S/C17H34N2O2/c1-7-19(12-13(3)4)15-9-10-17(11-15,18-14(5)6)16(20)21-8-2/h13-15,18H,7-12H2,1-6H3. The lowest BCUT2D eigenvalue weighted by Crippen LogP contribution is -2.54. The summed E-state index contributed by atoms with van der Waals surface area (Å²) in [6, 6.07) is 0.765. The summed E-state index contributed by atoms with van der Waals surface area (Å²) in [7, 11) is 0. The zero-order valence-corrected chi connectivity index (χ0v) is 14.7. The molecule has 0 bridgehead atoms. The van der Waals surface area contributed by atoms with E-state index in [-0.39, 0.29) is 12.0 Å². The molecule has 2 atom stereocenters. The Labute approximate surface area is 130 Å². The molecule has 0 heterocycles. The van der Waals surface area contributed by atoms with Gasteiger partial charge in [-0.15, -0.1) is 0 Å². The third-order valence-corrected chi connectivity index (χ3v) is 4.24. The van der Waals surface area contributed by atoms with E-state index in [0.29, 0.717) is 18.6 Å². The number of ether oxygens (including phenoxy) is 1. The average Bonchev–Trinajstić information content (AvgIpc) is 2.80. The van der Waals surface area contributed by atoms with Crippen LogP contribution in [0.5, 0.6) is 0 Å². The van der Waals surface area contributed by atoms with Crippen LogP contribution in [0.25, 0.3) is 0 Å². The summed E-state index contributed by atoms with van der Waals surface area (Å²) >= 11 is 0. The van der Waals surface area contributed by atoms with Crippen LogP contribution in [0, 0.1) is 5.92 Å². The fourth-order valence-electron chi connectivity index (χ4n) is 3.53. The summed E-state index contributed by atoms with van der Waals surface area (Å²) < 4.78 is 5.35. The van der Waals surface area contributed by atoms with E-state index in [1.807, 2.05) is 6.92 Å². The Morgan fingerprint density at radius 2 is 2.00 bits per heavy atom. The van der Waals surface area contributed by atoms with Crippen LogP contribution >= 0.6 is 0 Å². The number of rotatable bonds is 8. The Hall–Kier alpha value is -0.610. The molecule has 0 aliphatic heterocycles. The van der Waals surface area contributed by atoms with Gasteiger partial charge < -0.3 is 9.64 Å². The molecule has 4 nitrogen and oxygen atoms in total. The number of esters is 1. The molecule has 0 saturated heterocycles. The van der Waals surface area contributed by atoms with Crippen molar-refractivity contribution < 1.29 is 9.53 Å². The van der Waals surface area contributed by atoms with Crippen molar-refractivity contribution in [1.29, 1.82) is 0 Å². The van der Waals surface area contributed by atoms with Gasteiger partial charge in [0.05, 0.1) is 6.61 Å². The maximum Gasteiger partial charge on any atom is 0.326 e. The zero-order valence-electron chi connectivity index (χ0n) is 14.7. The quantitative estimate of drug-likeness (QED) is 0.700. The molecule has 1 aliphatic rings. The first-order valence-electron chi connectivity index (χ1n) is 8.53. The highest BCUT2D eigenvalue weighted by molar-refractivity contribution is 5.81. The van der Waals surface area contributed by atoms with Crippen LogP contribution in [0.4, 0.5) is 0 Å². The minimum absolute atomic E-state index is 0.0678. The number of carbonyl (C=O) groups is 1. The summed E-state index contributed by atoms with van der Waals surface area (Å²) in [5.74, 6) is 0.586. The van der Waals surface area contributed by atoms with E-state index in [0.717, 1.165) is 32.4 Å². The van der Waals surface area contributed by atoms with Gasteiger partial charge in [0.25, 0.3) is 0 Å². The first-order chi connectivity index (χ1) is 9.84. The van der Waals surface area contributed by atoms with Crippen LogP contribution < -0.4 is 5.32 Å². The maximum absolute atomic E-state index is 12.5. The molecule has 1 aliphatic carbocycles. The second-order valence-corrected chi connectivity index (χ2v) is 6.98. The van der Waals surface area contributed by atoms with Crippen LogP contribution in [0.3, 0.4) is 0 Å². The molecule has 0 aromatic carbocycles. The van der Waals surface area contributed by atoms with Crippen molar-refractivity contribution in [3.63, 3.8) is 0 Å². The molecule has 0 spiro atoms. The van der Waals surface area contributed by atoms with Crippen molar-refractivity contribution in [3.05, 3.63) is 0 Å². The molecule has 0 amide bonds. The van der Waals surface area contributed by atoms with Gasteiger partial charge in [-0.1, -0.05) is 20.8 Å². The lowest BCUT2D eigenvalue weighted by Gasteiger charge is -2.33. The van der Waals surface area contributed by atoms with Crippen LogP contribution in [0.15, 0.2) is 0 Å². The highest BCUT2D eigenvalue weighted by Gasteiger charge is 2.47. The summed E-state index contributed by atoms with van der Waals surface area (Å²) in [6.45, 7) is 15.4. The van der Waals surface area contributed by atoms with E-state index in [2.05, 4.69) is 44.8 Å². The fraction of sp³-hybridized carbons (Fsp3) is 0.941. The molecule has 0 aromatic rings. The van der Waals surface area contributed by atoms with Crippen molar-refractivity contribution in [3.8, 4) is 0 Å². The van der Waals surface area contributed by atoms with Crippen LogP contribution in [-0.2, 0) is 9.53 Å². The molecule has 1 N–H and O–H groups in total. The summed E-state index contributed by atoms with van der Waals surface area (Å²) in [5, 5.41) is 3.50. The van der Waals surface area contributed by atoms with Gasteiger partial charge in [0.1, 0.15) is 5.54 Å². The highest BCUT2D eigenvalue weighted by Crippen LogP contribution is 2.35. The first-order valence-corrected chi connectivity index (χ1v) is 8.53. The molecule has 2 unspecified atom stereocenters. The van der Waals surface area contributed by atoms with Crippen molar-refractivity contribution >= 4 is 5.97 Å². The molecule has 124 valence electrons. The molecule has 0 aromatic heterocycles. The molecule has 21 heavy (non-hydrogen) atoms. The lowest BCUT2D eigenvalue weighted by molar-refractivity contribution is -0.151. The van der Waals surface area contributed by atoms with E-state index in [1.165, 1.54) is 0 Å². The molecular formula is C17H34N2O2. The largest absolute Gasteiger partial charge is 0.465 e. The number of hydrogen-bond acceptors (Lipinski definition) is 4. The molecule has 4 heteroatoms. The van der Waals surface area contributed by atoms with Gasteiger partial charge in [0.15, 0.2) is 0 Å². The van der Waals surface area contributed by atoms with Gasteiger partial charge in [-0.25, -0.2) is 0 Å². The predicted molar refractivity (Wildman–Crippen MR) is 87.4 cm³/mol. The minimum Gasteiger partial charge on any atom is -0.465 e. The van der Waals surface area contributed by atoms with E-state index < -0.39 is 5.54 Å². The van der Waals surface area contributed by atoms with Gasteiger partial charge >= 0.3 is 5.97 Å². The van der Waals surface area contributed by atoms with E-state index in [1.54, 1.807) is 0 Å². The SMILES string of the molecule is CCOC(=O)C1(NC(C)C)CCC(N(CC)CC(C)C)C1. The Kier molecular flexibility index (Phi) is 7.14. The summed E-state index contributed by atoms with van der Waals surface area (Å²) in [5.41, 5.74) is -0.487. The average molecular weight is 298 g/mol. The second-order valence-electron chi connectivity index (χ2n) is 6.98. The van der Waals surface area contributed by atoms with Gasteiger partial charge in [-0.3, -0.25) is 10.1 Å². The first kappa shape index (κ1) is 18.4. The molecular weight excluding hydrogens is 264 g/mol. The van der Waals surface area contributed by atoms with E-state index in [4.69, 9.17) is 4.74 Å². The van der Waals surface area contributed by atoms with Crippen molar-refractivity contribution in [2.75, 3.05) is 19.7 Å². The number of nitrogens with zero attached hydrogens (tertiary/aromatic N) is 1. The second kappa shape index (κ2) is 8.14. The Morgan fingerprint density at radius 3 is 2.48 bits per heavy atom. The fourth-order valence-corrected chi connectivity index (χ4v) is 3.53. The van der Waals surface area contributed by atoms with Gasteiger partial charge in [-0.2, -0.15) is 0 Å². The van der Waals surface area contributed by atoms with Crippen LogP contribution in [0.2, 0.25) is 0 Å². The highest BCUT2D eigenvalue weighted by atomic mass is 16.5.